The Morgan fingerprint density at radius 1 is 0.886 bits per heavy atom. The zero-order valence-corrected chi connectivity index (χ0v) is 20.0. The zero-order chi connectivity index (χ0) is 24.2. The van der Waals surface area contributed by atoms with E-state index in [4.69, 9.17) is 23.6 Å². The number of carbonyl (C=O) groups is 1. The molecule has 0 unspecified atom stereocenters. The molecule has 8 heteroatoms. The van der Waals surface area contributed by atoms with E-state index in [1.165, 1.54) is 11.3 Å². The van der Waals surface area contributed by atoms with Crippen molar-refractivity contribution in [2.24, 2.45) is 0 Å². The Balaban J connectivity index is 1.49. The number of carbonyl (C=O) groups excluding carboxylic acids is 1. The summed E-state index contributed by atoms with van der Waals surface area (Å²) in [7, 11) is 3.19. The molecule has 5 aromatic rings. The van der Waals surface area contributed by atoms with Crippen molar-refractivity contribution in [3.05, 3.63) is 96.4 Å². The lowest BCUT2D eigenvalue weighted by atomic mass is 10.2. The van der Waals surface area contributed by atoms with Gasteiger partial charge < -0.3 is 18.6 Å². The van der Waals surface area contributed by atoms with E-state index in [0.29, 0.717) is 39.2 Å². The molecule has 2 aromatic heterocycles. The van der Waals surface area contributed by atoms with Gasteiger partial charge in [0.2, 0.25) is 0 Å². The zero-order valence-electron chi connectivity index (χ0n) is 19.1. The van der Waals surface area contributed by atoms with Crippen LogP contribution in [0.1, 0.15) is 16.1 Å². The van der Waals surface area contributed by atoms with Gasteiger partial charge in [-0.25, -0.2) is 4.98 Å². The first-order chi connectivity index (χ1) is 17.2. The number of hydrogen-bond donors (Lipinski definition) is 0. The van der Waals surface area contributed by atoms with Crippen LogP contribution < -0.4 is 19.1 Å². The first-order valence-corrected chi connectivity index (χ1v) is 11.7. The third-order valence-corrected chi connectivity index (χ3v) is 6.44. The summed E-state index contributed by atoms with van der Waals surface area (Å²) in [5.41, 5.74) is 1.13. The van der Waals surface area contributed by atoms with Crippen LogP contribution in [0.25, 0.3) is 10.2 Å². The summed E-state index contributed by atoms with van der Waals surface area (Å²) in [4.78, 5) is 20.0. The lowest BCUT2D eigenvalue weighted by Crippen LogP contribution is -2.30. The molecule has 3 aromatic carbocycles. The van der Waals surface area contributed by atoms with Crippen LogP contribution in [0.2, 0.25) is 0 Å². The van der Waals surface area contributed by atoms with E-state index >= 15 is 0 Å². The van der Waals surface area contributed by atoms with E-state index in [9.17, 15) is 4.79 Å². The monoisotopic (exact) mass is 486 g/mol. The van der Waals surface area contributed by atoms with Gasteiger partial charge in [-0.3, -0.25) is 9.69 Å². The van der Waals surface area contributed by atoms with Crippen molar-refractivity contribution in [1.29, 1.82) is 0 Å². The van der Waals surface area contributed by atoms with Crippen LogP contribution >= 0.6 is 11.3 Å². The predicted octanol–water partition coefficient (Wildman–Crippen LogP) is 6.55. The summed E-state index contributed by atoms with van der Waals surface area (Å²) in [5, 5.41) is 0.508. The second-order valence-electron chi connectivity index (χ2n) is 7.55. The van der Waals surface area contributed by atoms with Gasteiger partial charge in [0.15, 0.2) is 5.13 Å². The quantitative estimate of drug-likeness (QED) is 0.248. The molecule has 2 heterocycles. The van der Waals surface area contributed by atoms with Crippen LogP contribution in [0.4, 0.5) is 5.13 Å². The molecule has 0 aliphatic carbocycles. The van der Waals surface area contributed by atoms with Gasteiger partial charge in [-0.1, -0.05) is 29.5 Å². The fourth-order valence-electron chi connectivity index (χ4n) is 3.62. The number of hydrogen-bond acceptors (Lipinski definition) is 7. The normalized spacial score (nSPS) is 10.8. The van der Waals surface area contributed by atoms with Crippen molar-refractivity contribution in [3.8, 4) is 23.0 Å². The maximum Gasteiger partial charge on any atom is 0.260 e. The molecule has 0 aliphatic rings. The molecule has 0 fully saturated rings. The number of benzene rings is 3. The second kappa shape index (κ2) is 9.90. The van der Waals surface area contributed by atoms with Crippen molar-refractivity contribution in [1.82, 2.24) is 4.98 Å². The van der Waals surface area contributed by atoms with Crippen LogP contribution in [-0.4, -0.2) is 25.1 Å². The Kier molecular flexibility index (Phi) is 6.36. The van der Waals surface area contributed by atoms with Gasteiger partial charge in [-0.15, -0.1) is 0 Å². The Hall–Kier alpha value is -4.30. The number of methoxy groups -OCH3 is 2. The molecule has 0 atom stereocenters. The second-order valence-corrected chi connectivity index (χ2v) is 8.53. The SMILES string of the molecule is COc1ccc(OC)c2sc(N(Cc3ccco3)C(=O)c3ccc(Oc4ccccc4)cc3)nc12. The Bertz CT molecular complexity index is 1390. The molecule has 1 amide bonds. The highest BCUT2D eigenvalue weighted by atomic mass is 32.1. The fraction of sp³-hybridized carbons (Fsp3) is 0.111. The molecule has 35 heavy (non-hydrogen) atoms. The summed E-state index contributed by atoms with van der Waals surface area (Å²) < 4.78 is 23.2. The van der Waals surface area contributed by atoms with Crippen LogP contribution in [0.15, 0.2) is 89.5 Å². The van der Waals surface area contributed by atoms with E-state index in [1.807, 2.05) is 42.5 Å². The van der Waals surface area contributed by atoms with E-state index in [-0.39, 0.29) is 12.5 Å². The van der Waals surface area contributed by atoms with Crippen LogP contribution in [0.3, 0.4) is 0 Å². The van der Waals surface area contributed by atoms with Gasteiger partial charge in [0.05, 0.1) is 27.0 Å². The highest BCUT2D eigenvalue weighted by Crippen LogP contribution is 2.40. The van der Waals surface area contributed by atoms with Gasteiger partial charge in [-0.2, -0.15) is 0 Å². The molecule has 0 bridgehead atoms. The number of ether oxygens (including phenoxy) is 3. The van der Waals surface area contributed by atoms with Gasteiger partial charge in [-0.05, 0) is 60.7 Å². The molecular formula is C27H22N2O5S. The number of anilines is 1. The third kappa shape index (κ3) is 4.69. The molecule has 0 aliphatic heterocycles. The topological polar surface area (TPSA) is 74.0 Å². The van der Waals surface area contributed by atoms with Gasteiger partial charge in [0.25, 0.3) is 5.91 Å². The minimum atomic E-state index is -0.218. The van der Waals surface area contributed by atoms with E-state index in [2.05, 4.69) is 0 Å². The molecule has 5 rings (SSSR count). The van der Waals surface area contributed by atoms with Gasteiger partial charge in [0.1, 0.15) is 39.0 Å². The first kappa shape index (κ1) is 22.5. The molecule has 0 spiro atoms. The molecule has 0 saturated heterocycles. The smallest absolute Gasteiger partial charge is 0.260 e. The number of amides is 1. The first-order valence-electron chi connectivity index (χ1n) is 10.8. The maximum absolute atomic E-state index is 13.7. The number of fused-ring (bicyclic) bond motifs is 1. The minimum absolute atomic E-state index is 0.218. The summed E-state index contributed by atoms with van der Waals surface area (Å²) >= 11 is 1.36. The van der Waals surface area contributed by atoms with Crippen molar-refractivity contribution in [3.63, 3.8) is 0 Å². The number of furan rings is 1. The van der Waals surface area contributed by atoms with Crippen LogP contribution in [-0.2, 0) is 6.54 Å². The average Bonchev–Trinajstić information content (AvgIpc) is 3.57. The largest absolute Gasteiger partial charge is 0.495 e. The minimum Gasteiger partial charge on any atom is -0.495 e. The fourth-order valence-corrected chi connectivity index (χ4v) is 4.69. The molecule has 0 saturated carbocycles. The van der Waals surface area contributed by atoms with Crippen molar-refractivity contribution >= 4 is 32.6 Å². The predicted molar refractivity (Wildman–Crippen MR) is 135 cm³/mol. The molecule has 0 radical (unpaired) electrons. The van der Waals surface area contributed by atoms with Gasteiger partial charge >= 0.3 is 0 Å². The molecular weight excluding hydrogens is 464 g/mol. The van der Waals surface area contributed by atoms with Crippen molar-refractivity contribution in [2.45, 2.75) is 6.54 Å². The van der Waals surface area contributed by atoms with Gasteiger partial charge in [0, 0.05) is 5.56 Å². The lowest BCUT2D eigenvalue weighted by Gasteiger charge is -2.19. The molecule has 176 valence electrons. The third-order valence-electron chi connectivity index (χ3n) is 5.35. The number of aromatic nitrogens is 1. The van der Waals surface area contributed by atoms with Crippen molar-refractivity contribution < 1.29 is 23.4 Å². The number of rotatable bonds is 8. The Morgan fingerprint density at radius 3 is 2.29 bits per heavy atom. The summed E-state index contributed by atoms with van der Waals surface area (Å²) in [6.07, 6.45) is 1.58. The summed E-state index contributed by atoms with van der Waals surface area (Å²) in [5.74, 6) is 3.06. The highest BCUT2D eigenvalue weighted by Gasteiger charge is 2.25. The summed E-state index contributed by atoms with van der Waals surface area (Å²) in [6.45, 7) is 0.221. The number of nitrogens with zero attached hydrogens (tertiary/aromatic N) is 2. The van der Waals surface area contributed by atoms with Crippen molar-refractivity contribution in [2.75, 3.05) is 19.1 Å². The molecule has 7 nitrogen and oxygen atoms in total. The Labute approximate surface area is 206 Å². The summed E-state index contributed by atoms with van der Waals surface area (Å²) in [6, 6.07) is 23.8. The van der Waals surface area contributed by atoms with E-state index in [1.54, 1.807) is 61.8 Å². The van der Waals surface area contributed by atoms with Crippen LogP contribution in [0.5, 0.6) is 23.0 Å². The highest BCUT2D eigenvalue weighted by molar-refractivity contribution is 7.22. The van der Waals surface area contributed by atoms with Crippen LogP contribution in [0, 0.1) is 0 Å². The molecule has 0 N–H and O–H groups in total. The average molecular weight is 487 g/mol. The Morgan fingerprint density at radius 2 is 1.60 bits per heavy atom. The maximum atomic E-state index is 13.7. The number of thiazole rings is 1. The number of para-hydroxylation sites is 1. The standard InChI is InChI=1S/C27H22N2O5S/c1-31-22-14-15-23(32-2)25-24(22)28-27(35-25)29(17-21-9-6-16-33-21)26(30)18-10-12-20(13-11-18)34-19-7-4-3-5-8-19/h3-16H,17H2,1-2H3. The van der Waals surface area contributed by atoms with E-state index < -0.39 is 0 Å². The van der Waals surface area contributed by atoms with E-state index in [0.717, 1.165) is 10.4 Å². The lowest BCUT2D eigenvalue weighted by molar-refractivity contribution is 0.0983.